The summed E-state index contributed by atoms with van der Waals surface area (Å²) in [6.07, 6.45) is 0. The Bertz CT molecular complexity index is 593. The summed E-state index contributed by atoms with van der Waals surface area (Å²) in [5, 5.41) is 8.67. The van der Waals surface area contributed by atoms with Crippen molar-refractivity contribution in [2.75, 3.05) is 23.7 Å². The van der Waals surface area contributed by atoms with E-state index in [1.54, 1.807) is 0 Å². The average molecular weight is 368 g/mol. The molecule has 0 spiro atoms. The maximum Gasteiger partial charge on any atom is 0.277 e. The summed E-state index contributed by atoms with van der Waals surface area (Å²) in [6.45, 7) is 10.1. The normalized spacial score (nSPS) is 10.6. The first kappa shape index (κ1) is 16.1. The Labute approximate surface area is 137 Å². The number of anilines is 1. The molecular formula is C15H18BrN3OS. The van der Waals surface area contributed by atoms with Crippen molar-refractivity contribution in [3.05, 3.63) is 35.3 Å². The van der Waals surface area contributed by atoms with Gasteiger partial charge in [-0.2, -0.15) is 0 Å². The van der Waals surface area contributed by atoms with E-state index in [-0.39, 0.29) is 0 Å². The predicted octanol–water partition coefficient (Wildman–Crippen LogP) is 4.58. The van der Waals surface area contributed by atoms with Crippen LogP contribution in [-0.4, -0.2) is 29.0 Å². The van der Waals surface area contributed by atoms with Crippen LogP contribution in [0.25, 0.3) is 11.5 Å². The fourth-order valence-corrected chi connectivity index (χ4v) is 2.79. The zero-order valence-corrected chi connectivity index (χ0v) is 14.6. The zero-order valence-electron chi connectivity index (χ0n) is 12.2. The number of thioether (sulfide) groups is 1. The fourth-order valence-electron chi connectivity index (χ4n) is 1.93. The molecule has 2 aromatic rings. The standard InChI is InChI=1S/C15H18BrN3OS/c1-4-19(5-2)13-8-6-12(7-9-13)14-17-18-15(20-14)21-10-11(3)16/h6-9H,3-5,10H2,1-2H3. The molecule has 0 saturated heterocycles. The Kier molecular flexibility index (Phi) is 5.87. The van der Waals surface area contributed by atoms with Crippen LogP contribution in [0.4, 0.5) is 5.69 Å². The summed E-state index contributed by atoms with van der Waals surface area (Å²) in [5.74, 6) is 1.26. The molecule has 0 bridgehead atoms. The van der Waals surface area contributed by atoms with Crippen LogP contribution < -0.4 is 4.90 Å². The molecule has 0 atom stereocenters. The summed E-state index contributed by atoms with van der Waals surface area (Å²) < 4.78 is 6.54. The molecule has 4 nitrogen and oxygen atoms in total. The lowest BCUT2D eigenvalue weighted by Gasteiger charge is -2.20. The molecule has 0 saturated carbocycles. The highest BCUT2D eigenvalue weighted by atomic mass is 79.9. The number of halogens is 1. The molecule has 0 radical (unpaired) electrons. The van der Waals surface area contributed by atoms with Gasteiger partial charge in [-0.3, -0.25) is 0 Å². The first-order valence-electron chi connectivity index (χ1n) is 6.79. The molecule has 6 heteroatoms. The van der Waals surface area contributed by atoms with E-state index in [0.717, 1.165) is 23.1 Å². The van der Waals surface area contributed by atoms with Crippen LogP contribution in [0.2, 0.25) is 0 Å². The Morgan fingerprint density at radius 1 is 1.24 bits per heavy atom. The Balaban J connectivity index is 2.10. The van der Waals surface area contributed by atoms with Crippen LogP contribution in [-0.2, 0) is 0 Å². The second-order valence-electron chi connectivity index (χ2n) is 4.40. The molecular weight excluding hydrogens is 350 g/mol. The van der Waals surface area contributed by atoms with Gasteiger partial charge in [0.05, 0.1) is 0 Å². The van der Waals surface area contributed by atoms with E-state index in [9.17, 15) is 0 Å². The topological polar surface area (TPSA) is 42.2 Å². The van der Waals surface area contributed by atoms with Gasteiger partial charge in [-0.1, -0.05) is 34.3 Å². The number of hydrogen-bond donors (Lipinski definition) is 0. The van der Waals surface area contributed by atoms with Crippen LogP contribution in [0, 0.1) is 0 Å². The van der Waals surface area contributed by atoms with Gasteiger partial charge in [0, 0.05) is 30.1 Å². The molecule has 0 unspecified atom stereocenters. The van der Waals surface area contributed by atoms with Gasteiger partial charge < -0.3 is 9.32 Å². The highest BCUT2D eigenvalue weighted by Gasteiger charge is 2.10. The second kappa shape index (κ2) is 7.66. The van der Waals surface area contributed by atoms with E-state index >= 15 is 0 Å². The number of hydrogen-bond acceptors (Lipinski definition) is 5. The van der Waals surface area contributed by atoms with Crippen LogP contribution >= 0.6 is 27.7 Å². The molecule has 0 aliphatic rings. The van der Waals surface area contributed by atoms with Gasteiger partial charge in [-0.25, -0.2) is 0 Å². The lowest BCUT2D eigenvalue weighted by atomic mass is 10.2. The fraction of sp³-hybridized carbons (Fsp3) is 0.333. The maximum absolute atomic E-state index is 5.64. The minimum absolute atomic E-state index is 0.545. The van der Waals surface area contributed by atoms with Crippen LogP contribution in [0.3, 0.4) is 0 Å². The minimum Gasteiger partial charge on any atom is -0.411 e. The van der Waals surface area contributed by atoms with Crippen LogP contribution in [0.15, 0.2) is 45.0 Å². The molecule has 0 amide bonds. The third-order valence-electron chi connectivity index (χ3n) is 3.00. The van der Waals surface area contributed by atoms with Crippen molar-refractivity contribution in [2.45, 2.75) is 19.1 Å². The number of nitrogens with zero attached hydrogens (tertiary/aromatic N) is 3. The first-order chi connectivity index (χ1) is 10.1. The quantitative estimate of drug-likeness (QED) is 0.669. The Hall–Kier alpha value is -1.27. The lowest BCUT2D eigenvalue weighted by molar-refractivity contribution is 0.466. The van der Waals surface area contributed by atoms with Crippen molar-refractivity contribution in [1.29, 1.82) is 0 Å². The minimum atomic E-state index is 0.545. The van der Waals surface area contributed by atoms with Crippen LogP contribution in [0.5, 0.6) is 0 Å². The van der Waals surface area contributed by atoms with Gasteiger partial charge >= 0.3 is 0 Å². The molecule has 1 aromatic carbocycles. The van der Waals surface area contributed by atoms with Crippen molar-refractivity contribution in [3.8, 4) is 11.5 Å². The summed E-state index contributed by atoms with van der Waals surface area (Å²) >= 11 is 4.77. The maximum atomic E-state index is 5.64. The summed E-state index contributed by atoms with van der Waals surface area (Å²) in [5.41, 5.74) is 2.14. The number of benzene rings is 1. The van der Waals surface area contributed by atoms with E-state index in [2.05, 4.69) is 63.6 Å². The molecule has 112 valence electrons. The number of aromatic nitrogens is 2. The molecule has 21 heavy (non-hydrogen) atoms. The third kappa shape index (κ3) is 4.35. The van der Waals surface area contributed by atoms with E-state index in [1.807, 2.05) is 12.1 Å². The van der Waals surface area contributed by atoms with Gasteiger partial charge in [-0.15, -0.1) is 10.2 Å². The van der Waals surface area contributed by atoms with Crippen molar-refractivity contribution in [1.82, 2.24) is 10.2 Å². The molecule has 1 aromatic heterocycles. The van der Waals surface area contributed by atoms with E-state index in [4.69, 9.17) is 4.42 Å². The summed E-state index contributed by atoms with van der Waals surface area (Å²) in [6, 6.07) is 8.19. The van der Waals surface area contributed by atoms with E-state index in [0.29, 0.717) is 16.9 Å². The van der Waals surface area contributed by atoms with Crippen molar-refractivity contribution in [3.63, 3.8) is 0 Å². The molecule has 0 fully saturated rings. The van der Waals surface area contributed by atoms with Crippen molar-refractivity contribution >= 4 is 33.4 Å². The third-order valence-corrected chi connectivity index (χ3v) is 4.56. The molecule has 0 N–H and O–H groups in total. The lowest BCUT2D eigenvalue weighted by Crippen LogP contribution is -2.21. The van der Waals surface area contributed by atoms with Crippen LogP contribution in [0.1, 0.15) is 13.8 Å². The number of rotatable bonds is 7. The smallest absolute Gasteiger partial charge is 0.277 e. The highest BCUT2D eigenvalue weighted by molar-refractivity contribution is 9.11. The zero-order chi connectivity index (χ0) is 15.2. The second-order valence-corrected chi connectivity index (χ2v) is 6.45. The van der Waals surface area contributed by atoms with Gasteiger partial charge in [-0.05, 0) is 42.6 Å². The van der Waals surface area contributed by atoms with Gasteiger partial charge in [0.15, 0.2) is 0 Å². The van der Waals surface area contributed by atoms with E-state index in [1.165, 1.54) is 17.4 Å². The van der Waals surface area contributed by atoms with Crippen molar-refractivity contribution in [2.24, 2.45) is 0 Å². The predicted molar refractivity (Wildman–Crippen MR) is 92.1 cm³/mol. The van der Waals surface area contributed by atoms with E-state index < -0.39 is 0 Å². The van der Waals surface area contributed by atoms with Gasteiger partial charge in [0.1, 0.15) is 0 Å². The Morgan fingerprint density at radius 2 is 1.90 bits per heavy atom. The molecule has 1 heterocycles. The highest BCUT2D eigenvalue weighted by Crippen LogP contribution is 2.26. The SMILES string of the molecule is C=C(Br)CSc1nnc(-c2ccc(N(CC)CC)cc2)o1. The van der Waals surface area contributed by atoms with Gasteiger partial charge in [0.25, 0.3) is 5.22 Å². The molecule has 0 aliphatic heterocycles. The summed E-state index contributed by atoms with van der Waals surface area (Å²) in [4.78, 5) is 2.29. The Morgan fingerprint density at radius 3 is 2.48 bits per heavy atom. The molecule has 0 aliphatic carbocycles. The summed E-state index contributed by atoms with van der Waals surface area (Å²) in [7, 11) is 0. The van der Waals surface area contributed by atoms with Gasteiger partial charge in [0.2, 0.25) is 5.89 Å². The first-order valence-corrected chi connectivity index (χ1v) is 8.56. The largest absolute Gasteiger partial charge is 0.411 e. The van der Waals surface area contributed by atoms with Crippen molar-refractivity contribution < 1.29 is 4.42 Å². The monoisotopic (exact) mass is 367 g/mol. The average Bonchev–Trinajstić information content (AvgIpc) is 2.96. The molecule has 2 rings (SSSR count).